The van der Waals surface area contributed by atoms with Crippen molar-refractivity contribution in [3.63, 3.8) is 0 Å². The van der Waals surface area contributed by atoms with E-state index in [2.05, 4.69) is 21.8 Å². The molecular weight excluding hydrogens is 264 g/mol. The van der Waals surface area contributed by atoms with Gasteiger partial charge in [0.05, 0.1) is 18.7 Å². The lowest BCUT2D eigenvalue weighted by Crippen LogP contribution is -2.27. The Bertz CT molecular complexity index is 680. The van der Waals surface area contributed by atoms with Crippen LogP contribution in [-0.2, 0) is 6.54 Å². The van der Waals surface area contributed by atoms with Gasteiger partial charge in [-0.15, -0.1) is 0 Å². The van der Waals surface area contributed by atoms with Gasteiger partial charge in [0, 0.05) is 25.0 Å². The Balaban J connectivity index is 2.26. The van der Waals surface area contributed by atoms with Gasteiger partial charge in [0.15, 0.2) is 0 Å². The van der Waals surface area contributed by atoms with Gasteiger partial charge in [-0.3, -0.25) is 4.79 Å². The number of carbonyl (C=O) groups is 1. The summed E-state index contributed by atoms with van der Waals surface area (Å²) in [6.45, 7) is 2.64. The molecule has 0 aliphatic carbocycles. The van der Waals surface area contributed by atoms with Gasteiger partial charge < -0.3 is 15.6 Å². The molecule has 0 aliphatic rings. The number of hydrogen-bond acceptors (Lipinski definition) is 3. The zero-order valence-electron chi connectivity index (χ0n) is 12.2. The fourth-order valence-corrected chi connectivity index (χ4v) is 1.98. The molecule has 0 saturated heterocycles. The van der Waals surface area contributed by atoms with Crippen molar-refractivity contribution in [3.05, 3.63) is 53.1 Å². The van der Waals surface area contributed by atoms with Crippen molar-refractivity contribution < 1.29 is 4.79 Å². The van der Waals surface area contributed by atoms with Crippen molar-refractivity contribution in [3.8, 4) is 11.8 Å². The minimum Gasteiger partial charge on any atom is -0.347 e. The van der Waals surface area contributed by atoms with Gasteiger partial charge in [-0.05, 0) is 19.1 Å². The van der Waals surface area contributed by atoms with Crippen LogP contribution < -0.4 is 5.73 Å². The highest BCUT2D eigenvalue weighted by molar-refractivity contribution is 5.96. The molecule has 0 saturated carbocycles. The number of hydrogen-bond donors (Lipinski definition) is 2. The van der Waals surface area contributed by atoms with E-state index in [1.165, 1.54) is 0 Å². The Morgan fingerprint density at radius 1 is 1.48 bits per heavy atom. The van der Waals surface area contributed by atoms with Gasteiger partial charge in [-0.2, -0.15) is 0 Å². The number of aromatic nitrogens is 2. The molecule has 1 amide bonds. The molecule has 2 rings (SSSR count). The summed E-state index contributed by atoms with van der Waals surface area (Å²) in [4.78, 5) is 21.3. The minimum absolute atomic E-state index is 0.0866. The monoisotopic (exact) mass is 282 g/mol. The molecule has 2 aromatic rings. The molecular formula is C16H18N4O. The molecule has 0 bridgehead atoms. The zero-order valence-corrected chi connectivity index (χ0v) is 12.2. The second-order valence-electron chi connectivity index (χ2n) is 4.75. The summed E-state index contributed by atoms with van der Waals surface area (Å²) in [5, 5.41) is 0. The molecule has 5 nitrogen and oxygen atoms in total. The number of nitrogens with two attached hydrogens (primary N) is 1. The van der Waals surface area contributed by atoms with Crippen LogP contribution in [0.5, 0.6) is 0 Å². The van der Waals surface area contributed by atoms with Crippen LogP contribution in [0.25, 0.3) is 0 Å². The summed E-state index contributed by atoms with van der Waals surface area (Å²) in [7, 11) is 1.74. The van der Waals surface area contributed by atoms with E-state index in [1.807, 2.05) is 25.1 Å². The Kier molecular flexibility index (Phi) is 4.75. The second-order valence-corrected chi connectivity index (χ2v) is 4.75. The van der Waals surface area contributed by atoms with E-state index >= 15 is 0 Å². The summed E-state index contributed by atoms with van der Waals surface area (Å²) < 4.78 is 0. The first kappa shape index (κ1) is 14.8. The minimum atomic E-state index is -0.0866. The third kappa shape index (κ3) is 3.71. The van der Waals surface area contributed by atoms with Crippen molar-refractivity contribution in [2.45, 2.75) is 13.5 Å². The van der Waals surface area contributed by atoms with Gasteiger partial charge >= 0.3 is 0 Å². The molecule has 0 fully saturated rings. The van der Waals surface area contributed by atoms with Gasteiger partial charge in [-0.25, -0.2) is 4.98 Å². The number of aromatic amines is 1. The van der Waals surface area contributed by atoms with Gasteiger partial charge in [0.1, 0.15) is 5.82 Å². The summed E-state index contributed by atoms with van der Waals surface area (Å²) in [6, 6.07) is 5.64. The van der Waals surface area contributed by atoms with Crippen molar-refractivity contribution in [1.29, 1.82) is 0 Å². The maximum atomic E-state index is 12.6. The molecule has 1 aromatic heterocycles. The van der Waals surface area contributed by atoms with E-state index in [0.29, 0.717) is 17.7 Å². The van der Waals surface area contributed by atoms with Crippen LogP contribution in [0.1, 0.15) is 27.3 Å². The maximum Gasteiger partial charge on any atom is 0.255 e. The average Bonchev–Trinajstić information content (AvgIpc) is 2.98. The standard InChI is InChI=1S/C16H18N4O/c1-12-5-6-13(4-3-7-17)14(10-12)16(21)20(2)11-15-18-8-9-19-15/h5-6,8-10H,7,11,17H2,1-2H3,(H,18,19). The predicted molar refractivity (Wildman–Crippen MR) is 81.5 cm³/mol. The number of aryl methyl sites for hydroxylation is 1. The molecule has 0 atom stereocenters. The molecule has 3 N–H and O–H groups in total. The van der Waals surface area contributed by atoms with Crippen LogP contribution in [0.15, 0.2) is 30.6 Å². The van der Waals surface area contributed by atoms with Crippen LogP contribution in [0.2, 0.25) is 0 Å². The number of rotatable bonds is 3. The fraction of sp³-hybridized carbons (Fsp3) is 0.250. The number of nitrogens with one attached hydrogen (secondary N) is 1. The smallest absolute Gasteiger partial charge is 0.255 e. The Hall–Kier alpha value is -2.58. The van der Waals surface area contributed by atoms with E-state index in [1.54, 1.807) is 24.3 Å². The van der Waals surface area contributed by atoms with Gasteiger partial charge in [-0.1, -0.05) is 23.5 Å². The van der Waals surface area contributed by atoms with E-state index in [9.17, 15) is 4.79 Å². The Morgan fingerprint density at radius 2 is 2.29 bits per heavy atom. The quantitative estimate of drug-likeness (QED) is 0.833. The van der Waals surface area contributed by atoms with Crippen molar-refractivity contribution in [2.75, 3.05) is 13.6 Å². The SMILES string of the molecule is Cc1ccc(C#CCN)c(C(=O)N(C)Cc2ncc[nH]2)c1. The largest absolute Gasteiger partial charge is 0.347 e. The number of H-pyrrole nitrogens is 1. The molecule has 21 heavy (non-hydrogen) atoms. The first-order valence-electron chi connectivity index (χ1n) is 6.65. The molecule has 0 aliphatic heterocycles. The lowest BCUT2D eigenvalue weighted by molar-refractivity contribution is 0.0781. The van der Waals surface area contributed by atoms with E-state index in [-0.39, 0.29) is 12.5 Å². The lowest BCUT2D eigenvalue weighted by Gasteiger charge is -2.17. The normalized spacial score (nSPS) is 9.86. The number of carbonyl (C=O) groups excluding carboxylic acids is 1. The first-order chi connectivity index (χ1) is 10.1. The molecule has 5 heteroatoms. The highest BCUT2D eigenvalue weighted by Crippen LogP contribution is 2.14. The number of benzene rings is 1. The summed E-state index contributed by atoms with van der Waals surface area (Å²) in [6.07, 6.45) is 3.40. The average molecular weight is 282 g/mol. The molecule has 1 aromatic carbocycles. The highest BCUT2D eigenvalue weighted by atomic mass is 16.2. The van der Waals surface area contributed by atoms with Crippen LogP contribution in [0.4, 0.5) is 0 Å². The topological polar surface area (TPSA) is 75.0 Å². The van der Waals surface area contributed by atoms with Crippen molar-refractivity contribution >= 4 is 5.91 Å². The van der Waals surface area contributed by atoms with Crippen molar-refractivity contribution in [2.24, 2.45) is 5.73 Å². The van der Waals surface area contributed by atoms with Crippen LogP contribution >= 0.6 is 0 Å². The van der Waals surface area contributed by atoms with Crippen molar-refractivity contribution in [1.82, 2.24) is 14.9 Å². The number of imidazole rings is 1. The maximum absolute atomic E-state index is 12.6. The van der Waals surface area contributed by atoms with E-state index < -0.39 is 0 Å². The summed E-state index contributed by atoms with van der Waals surface area (Å²) >= 11 is 0. The molecule has 108 valence electrons. The lowest BCUT2D eigenvalue weighted by atomic mass is 10.0. The van der Waals surface area contributed by atoms with Gasteiger partial charge in [0.25, 0.3) is 5.91 Å². The number of amides is 1. The highest BCUT2D eigenvalue weighted by Gasteiger charge is 2.16. The molecule has 0 spiro atoms. The molecule has 0 radical (unpaired) electrons. The summed E-state index contributed by atoms with van der Waals surface area (Å²) in [5.41, 5.74) is 7.70. The predicted octanol–water partition coefficient (Wildman–Crippen LogP) is 1.30. The third-order valence-electron chi connectivity index (χ3n) is 3.02. The van der Waals surface area contributed by atoms with Crippen LogP contribution in [0.3, 0.4) is 0 Å². The van der Waals surface area contributed by atoms with Crippen LogP contribution in [-0.4, -0.2) is 34.4 Å². The summed E-state index contributed by atoms with van der Waals surface area (Å²) in [5.74, 6) is 6.40. The fourth-order valence-electron chi connectivity index (χ4n) is 1.98. The zero-order chi connectivity index (χ0) is 15.2. The first-order valence-corrected chi connectivity index (χ1v) is 6.65. The third-order valence-corrected chi connectivity index (χ3v) is 3.02. The van der Waals surface area contributed by atoms with Gasteiger partial charge in [0.2, 0.25) is 0 Å². The second kappa shape index (κ2) is 6.73. The van der Waals surface area contributed by atoms with E-state index in [4.69, 9.17) is 5.73 Å². The number of nitrogens with zero attached hydrogens (tertiary/aromatic N) is 2. The van der Waals surface area contributed by atoms with Crippen LogP contribution in [0, 0.1) is 18.8 Å². The molecule has 0 unspecified atom stereocenters. The Labute approximate surface area is 124 Å². The van der Waals surface area contributed by atoms with E-state index in [0.717, 1.165) is 11.4 Å². The Morgan fingerprint density at radius 3 is 2.95 bits per heavy atom. The molecule has 1 heterocycles.